The highest BCUT2D eigenvalue weighted by Crippen LogP contribution is 2.28. The molecule has 2 heteroatoms. The van der Waals surface area contributed by atoms with Crippen LogP contribution in [0, 0.1) is 27.7 Å². The molecule has 0 amide bonds. The third kappa shape index (κ3) is 2.92. The van der Waals surface area contributed by atoms with E-state index in [1.807, 2.05) is 0 Å². The zero-order valence-corrected chi connectivity index (χ0v) is 12.2. The fourth-order valence-electron chi connectivity index (χ4n) is 2.55. The van der Waals surface area contributed by atoms with E-state index >= 15 is 0 Å². The van der Waals surface area contributed by atoms with Crippen LogP contribution in [0.3, 0.4) is 0 Å². The topological polar surface area (TPSA) is 37.3 Å². The molecule has 0 radical (unpaired) electrons. The number of hydrogen-bond donors (Lipinski definition) is 1. The van der Waals surface area contributed by atoms with Crippen molar-refractivity contribution in [3.63, 3.8) is 0 Å². The lowest BCUT2D eigenvalue weighted by molar-refractivity contribution is -0.136. The largest absolute Gasteiger partial charge is 0.481 e. The Labute approximate surface area is 110 Å². The van der Waals surface area contributed by atoms with Gasteiger partial charge < -0.3 is 5.11 Å². The van der Waals surface area contributed by atoms with Crippen LogP contribution in [0.15, 0.2) is 0 Å². The maximum absolute atomic E-state index is 11.1. The average molecular weight is 248 g/mol. The van der Waals surface area contributed by atoms with Crippen LogP contribution in [0.2, 0.25) is 0 Å². The van der Waals surface area contributed by atoms with E-state index in [0.29, 0.717) is 0 Å². The van der Waals surface area contributed by atoms with Gasteiger partial charge in [0, 0.05) is 0 Å². The molecule has 0 bridgehead atoms. The summed E-state index contributed by atoms with van der Waals surface area (Å²) in [5.41, 5.74) is 7.29. The number of carbonyl (C=O) groups is 1. The van der Waals surface area contributed by atoms with Crippen molar-refractivity contribution in [2.24, 2.45) is 0 Å². The molecule has 1 rings (SSSR count). The number of rotatable bonds is 5. The van der Waals surface area contributed by atoms with Gasteiger partial charge in [-0.2, -0.15) is 0 Å². The molecule has 18 heavy (non-hydrogen) atoms. The molecular formula is C16H24O2. The summed E-state index contributed by atoms with van der Waals surface area (Å²) in [6, 6.07) is 0. The lowest BCUT2D eigenvalue weighted by Crippen LogP contribution is -2.10. The van der Waals surface area contributed by atoms with E-state index in [-0.39, 0.29) is 6.42 Å². The molecule has 0 heterocycles. The highest BCUT2D eigenvalue weighted by molar-refractivity contribution is 5.72. The van der Waals surface area contributed by atoms with Crippen LogP contribution in [0.4, 0.5) is 0 Å². The van der Waals surface area contributed by atoms with E-state index in [0.717, 1.165) is 30.4 Å². The minimum atomic E-state index is -0.737. The minimum Gasteiger partial charge on any atom is -0.481 e. The second-order valence-corrected chi connectivity index (χ2v) is 5.13. The highest BCUT2D eigenvalue weighted by Gasteiger charge is 2.16. The number of unbranched alkanes of at least 4 members (excludes halogenated alkanes) is 1. The Bertz CT molecular complexity index is 459. The van der Waals surface area contributed by atoms with Gasteiger partial charge in [0.2, 0.25) is 0 Å². The van der Waals surface area contributed by atoms with Crippen LogP contribution < -0.4 is 0 Å². The third-order valence-electron chi connectivity index (χ3n) is 4.07. The predicted octanol–water partition coefficient (Wildman–Crippen LogP) is 3.89. The van der Waals surface area contributed by atoms with Crippen molar-refractivity contribution in [3.8, 4) is 0 Å². The van der Waals surface area contributed by atoms with Gasteiger partial charge in [0.1, 0.15) is 0 Å². The van der Waals surface area contributed by atoms with Crippen LogP contribution in [0.1, 0.15) is 53.1 Å². The Hall–Kier alpha value is -1.31. The molecule has 0 aliphatic carbocycles. The summed E-state index contributed by atoms with van der Waals surface area (Å²) in [6.45, 7) is 10.6. The molecule has 1 aromatic carbocycles. The maximum Gasteiger partial charge on any atom is 0.307 e. The van der Waals surface area contributed by atoms with Crippen molar-refractivity contribution in [2.45, 2.75) is 60.3 Å². The quantitative estimate of drug-likeness (QED) is 0.858. The monoisotopic (exact) mass is 248 g/mol. The van der Waals surface area contributed by atoms with Gasteiger partial charge >= 0.3 is 5.97 Å². The van der Waals surface area contributed by atoms with E-state index in [1.165, 1.54) is 22.3 Å². The zero-order chi connectivity index (χ0) is 13.9. The van der Waals surface area contributed by atoms with E-state index < -0.39 is 5.97 Å². The van der Waals surface area contributed by atoms with Crippen molar-refractivity contribution in [2.75, 3.05) is 0 Å². The second-order valence-electron chi connectivity index (χ2n) is 5.13. The van der Waals surface area contributed by atoms with Gasteiger partial charge in [-0.05, 0) is 73.9 Å². The van der Waals surface area contributed by atoms with Crippen molar-refractivity contribution in [1.82, 2.24) is 0 Å². The molecule has 0 aromatic heterocycles. The van der Waals surface area contributed by atoms with Crippen LogP contribution in [0.25, 0.3) is 0 Å². The molecule has 100 valence electrons. The highest BCUT2D eigenvalue weighted by atomic mass is 16.4. The fraction of sp³-hybridized carbons (Fsp3) is 0.562. The van der Waals surface area contributed by atoms with Crippen LogP contribution in [-0.4, -0.2) is 11.1 Å². The van der Waals surface area contributed by atoms with Gasteiger partial charge in [-0.25, -0.2) is 0 Å². The summed E-state index contributed by atoms with van der Waals surface area (Å²) in [5, 5.41) is 9.09. The average Bonchev–Trinajstić information content (AvgIpc) is 2.32. The summed E-state index contributed by atoms with van der Waals surface area (Å²) in [7, 11) is 0. The van der Waals surface area contributed by atoms with Gasteiger partial charge in [-0.1, -0.05) is 13.3 Å². The van der Waals surface area contributed by atoms with E-state index in [2.05, 4.69) is 34.6 Å². The number of carboxylic acids is 1. The molecule has 0 fully saturated rings. The van der Waals surface area contributed by atoms with Gasteiger partial charge in [-0.15, -0.1) is 0 Å². The zero-order valence-electron chi connectivity index (χ0n) is 12.2. The molecule has 0 saturated heterocycles. The van der Waals surface area contributed by atoms with Gasteiger partial charge in [-0.3, -0.25) is 4.79 Å². The Balaban J connectivity index is 3.38. The van der Waals surface area contributed by atoms with Crippen LogP contribution in [0.5, 0.6) is 0 Å². The molecule has 0 spiro atoms. The summed E-state index contributed by atoms with van der Waals surface area (Å²) in [5.74, 6) is -0.737. The Morgan fingerprint density at radius 1 is 0.944 bits per heavy atom. The fourth-order valence-corrected chi connectivity index (χ4v) is 2.55. The Morgan fingerprint density at radius 2 is 1.44 bits per heavy atom. The first-order chi connectivity index (χ1) is 8.40. The van der Waals surface area contributed by atoms with Gasteiger partial charge in [0.15, 0.2) is 0 Å². The van der Waals surface area contributed by atoms with Gasteiger partial charge in [0.25, 0.3) is 0 Å². The van der Waals surface area contributed by atoms with Crippen LogP contribution in [-0.2, 0) is 17.6 Å². The number of benzene rings is 1. The van der Waals surface area contributed by atoms with E-state index in [4.69, 9.17) is 5.11 Å². The molecule has 0 aliphatic rings. The standard InChI is InChI=1S/C16H24O2/c1-6-7-8-14-12(4)10(2)11(3)13(5)15(14)9-16(17)18/h6-9H2,1-5H3,(H,17,18). The second kappa shape index (κ2) is 6.03. The summed E-state index contributed by atoms with van der Waals surface area (Å²) < 4.78 is 0. The summed E-state index contributed by atoms with van der Waals surface area (Å²) >= 11 is 0. The predicted molar refractivity (Wildman–Crippen MR) is 75.3 cm³/mol. The SMILES string of the molecule is CCCCc1c(C)c(C)c(C)c(C)c1CC(=O)O. The first kappa shape index (κ1) is 14.7. The van der Waals surface area contributed by atoms with Crippen molar-refractivity contribution in [1.29, 1.82) is 0 Å². The summed E-state index contributed by atoms with van der Waals surface area (Å²) in [4.78, 5) is 11.1. The lowest BCUT2D eigenvalue weighted by Gasteiger charge is -2.20. The number of aliphatic carboxylic acids is 1. The van der Waals surface area contributed by atoms with E-state index in [9.17, 15) is 4.79 Å². The smallest absolute Gasteiger partial charge is 0.307 e. The Morgan fingerprint density at radius 3 is 1.89 bits per heavy atom. The van der Waals surface area contributed by atoms with Crippen LogP contribution >= 0.6 is 0 Å². The number of carboxylic acid groups (broad SMARTS) is 1. The lowest BCUT2D eigenvalue weighted by atomic mass is 9.85. The molecule has 0 unspecified atom stereocenters. The first-order valence-corrected chi connectivity index (χ1v) is 6.70. The van der Waals surface area contributed by atoms with Crippen molar-refractivity contribution in [3.05, 3.63) is 33.4 Å². The van der Waals surface area contributed by atoms with Crippen molar-refractivity contribution < 1.29 is 9.90 Å². The molecule has 0 saturated carbocycles. The molecule has 2 nitrogen and oxygen atoms in total. The molecule has 0 aliphatic heterocycles. The normalized spacial score (nSPS) is 10.7. The molecular weight excluding hydrogens is 224 g/mol. The first-order valence-electron chi connectivity index (χ1n) is 6.70. The van der Waals surface area contributed by atoms with Crippen molar-refractivity contribution >= 4 is 5.97 Å². The molecule has 0 atom stereocenters. The third-order valence-corrected chi connectivity index (χ3v) is 4.07. The molecule has 1 N–H and O–H groups in total. The van der Waals surface area contributed by atoms with E-state index in [1.54, 1.807) is 0 Å². The minimum absolute atomic E-state index is 0.146. The number of hydrogen-bond acceptors (Lipinski definition) is 1. The summed E-state index contributed by atoms with van der Waals surface area (Å²) in [6.07, 6.45) is 3.40. The van der Waals surface area contributed by atoms with Gasteiger partial charge in [0.05, 0.1) is 6.42 Å². The Kier molecular flexibility index (Phi) is 4.94. The maximum atomic E-state index is 11.1. The molecule has 1 aromatic rings.